The monoisotopic (exact) mass is 270 g/mol. The van der Waals surface area contributed by atoms with E-state index in [0.717, 1.165) is 33.3 Å². The SMILES string of the molecule is Cc1nc2cc(Oc3ccc(N)cc3C)ccc2s1. The fourth-order valence-electron chi connectivity index (χ4n) is 2.00. The maximum Gasteiger partial charge on any atom is 0.130 e. The van der Waals surface area contributed by atoms with Gasteiger partial charge in [-0.15, -0.1) is 11.3 Å². The summed E-state index contributed by atoms with van der Waals surface area (Å²) in [5.41, 5.74) is 8.48. The molecular weight excluding hydrogens is 256 g/mol. The molecule has 0 spiro atoms. The smallest absolute Gasteiger partial charge is 0.130 e. The van der Waals surface area contributed by atoms with Crippen molar-refractivity contribution in [2.24, 2.45) is 0 Å². The number of nitrogens with two attached hydrogens (primary N) is 1. The lowest BCUT2D eigenvalue weighted by Crippen LogP contribution is -1.90. The van der Waals surface area contributed by atoms with Crippen LogP contribution < -0.4 is 10.5 Å². The van der Waals surface area contributed by atoms with Crippen molar-refractivity contribution >= 4 is 27.2 Å². The highest BCUT2D eigenvalue weighted by molar-refractivity contribution is 7.18. The van der Waals surface area contributed by atoms with E-state index in [4.69, 9.17) is 10.5 Å². The zero-order valence-electron chi connectivity index (χ0n) is 10.8. The number of nitrogen functional groups attached to an aromatic ring is 1. The summed E-state index contributed by atoms with van der Waals surface area (Å²) < 4.78 is 7.07. The number of rotatable bonds is 2. The van der Waals surface area contributed by atoms with Gasteiger partial charge in [0.15, 0.2) is 0 Å². The zero-order valence-corrected chi connectivity index (χ0v) is 11.6. The number of nitrogens with zero attached hydrogens (tertiary/aromatic N) is 1. The molecule has 19 heavy (non-hydrogen) atoms. The number of ether oxygens (including phenoxy) is 1. The van der Waals surface area contributed by atoms with Crippen LogP contribution in [0.3, 0.4) is 0 Å². The summed E-state index contributed by atoms with van der Waals surface area (Å²) in [6.45, 7) is 3.99. The summed E-state index contributed by atoms with van der Waals surface area (Å²) in [5.74, 6) is 1.62. The standard InChI is InChI=1S/C15H14N2OS/c1-9-7-11(16)3-5-14(9)18-12-4-6-15-13(8-12)17-10(2)19-15/h3-8H,16H2,1-2H3. The van der Waals surface area contributed by atoms with E-state index in [1.807, 2.05) is 50.2 Å². The molecule has 0 aliphatic rings. The minimum Gasteiger partial charge on any atom is -0.457 e. The van der Waals surface area contributed by atoms with Gasteiger partial charge in [0.2, 0.25) is 0 Å². The van der Waals surface area contributed by atoms with Gasteiger partial charge in [-0.05, 0) is 49.7 Å². The fourth-order valence-corrected chi connectivity index (χ4v) is 2.81. The van der Waals surface area contributed by atoms with Crippen molar-refractivity contribution < 1.29 is 4.74 Å². The summed E-state index contributed by atoms with van der Waals surface area (Å²) >= 11 is 1.69. The molecule has 0 amide bonds. The lowest BCUT2D eigenvalue weighted by molar-refractivity contribution is 0.479. The molecule has 1 aromatic heterocycles. The summed E-state index contributed by atoms with van der Waals surface area (Å²) in [7, 11) is 0. The molecule has 2 aromatic carbocycles. The van der Waals surface area contributed by atoms with Crippen LogP contribution in [0.2, 0.25) is 0 Å². The second-order valence-corrected chi connectivity index (χ2v) is 5.72. The average Bonchev–Trinajstić information content (AvgIpc) is 2.72. The molecule has 0 atom stereocenters. The number of anilines is 1. The first-order valence-corrected chi connectivity index (χ1v) is 6.84. The predicted molar refractivity (Wildman–Crippen MR) is 80.0 cm³/mol. The van der Waals surface area contributed by atoms with E-state index in [-0.39, 0.29) is 0 Å². The highest BCUT2D eigenvalue weighted by Crippen LogP contribution is 2.30. The van der Waals surface area contributed by atoms with E-state index in [0.29, 0.717) is 0 Å². The van der Waals surface area contributed by atoms with E-state index in [9.17, 15) is 0 Å². The van der Waals surface area contributed by atoms with Gasteiger partial charge >= 0.3 is 0 Å². The number of fused-ring (bicyclic) bond motifs is 1. The molecule has 0 fully saturated rings. The van der Waals surface area contributed by atoms with Crippen LogP contribution >= 0.6 is 11.3 Å². The molecule has 0 aliphatic heterocycles. The summed E-state index contributed by atoms with van der Waals surface area (Å²) in [6.07, 6.45) is 0. The first-order chi connectivity index (χ1) is 9.11. The third-order valence-electron chi connectivity index (χ3n) is 2.89. The summed E-state index contributed by atoms with van der Waals surface area (Å²) in [5, 5.41) is 1.07. The molecule has 0 unspecified atom stereocenters. The van der Waals surface area contributed by atoms with Gasteiger partial charge in [0.1, 0.15) is 11.5 Å². The van der Waals surface area contributed by atoms with Gasteiger partial charge < -0.3 is 10.5 Å². The maximum atomic E-state index is 5.89. The second kappa shape index (κ2) is 4.55. The maximum absolute atomic E-state index is 5.89. The molecule has 96 valence electrons. The molecule has 3 rings (SSSR count). The highest BCUT2D eigenvalue weighted by Gasteiger charge is 2.05. The van der Waals surface area contributed by atoms with Gasteiger partial charge in [-0.3, -0.25) is 0 Å². The van der Waals surface area contributed by atoms with Crippen molar-refractivity contribution in [2.45, 2.75) is 13.8 Å². The van der Waals surface area contributed by atoms with Crippen LogP contribution in [0.4, 0.5) is 5.69 Å². The molecule has 0 aliphatic carbocycles. The molecule has 0 saturated heterocycles. The first kappa shape index (κ1) is 12.0. The van der Waals surface area contributed by atoms with E-state index >= 15 is 0 Å². The van der Waals surface area contributed by atoms with Crippen molar-refractivity contribution in [2.75, 3.05) is 5.73 Å². The molecule has 4 heteroatoms. The molecule has 0 bridgehead atoms. The Bertz CT molecular complexity index is 749. The fraction of sp³-hybridized carbons (Fsp3) is 0.133. The molecule has 3 aromatic rings. The lowest BCUT2D eigenvalue weighted by atomic mass is 10.2. The molecule has 0 saturated carbocycles. The van der Waals surface area contributed by atoms with Gasteiger partial charge in [-0.25, -0.2) is 4.98 Å². The Morgan fingerprint density at radius 2 is 1.95 bits per heavy atom. The van der Waals surface area contributed by atoms with E-state index in [1.54, 1.807) is 11.3 Å². The van der Waals surface area contributed by atoms with Crippen LogP contribution in [0.15, 0.2) is 36.4 Å². The molecule has 0 radical (unpaired) electrons. The molecule has 1 heterocycles. The summed E-state index contributed by atoms with van der Waals surface area (Å²) in [4.78, 5) is 4.47. The van der Waals surface area contributed by atoms with Crippen LogP contribution in [0.5, 0.6) is 11.5 Å². The van der Waals surface area contributed by atoms with Crippen molar-refractivity contribution in [3.63, 3.8) is 0 Å². The number of hydrogen-bond acceptors (Lipinski definition) is 4. The molecule has 2 N–H and O–H groups in total. The van der Waals surface area contributed by atoms with Crippen molar-refractivity contribution in [1.82, 2.24) is 4.98 Å². The zero-order chi connectivity index (χ0) is 13.4. The Balaban J connectivity index is 1.96. The van der Waals surface area contributed by atoms with E-state index < -0.39 is 0 Å². The number of thiazole rings is 1. The van der Waals surface area contributed by atoms with Gasteiger partial charge in [0.25, 0.3) is 0 Å². The van der Waals surface area contributed by atoms with Gasteiger partial charge in [-0.2, -0.15) is 0 Å². The van der Waals surface area contributed by atoms with Crippen molar-refractivity contribution in [3.8, 4) is 11.5 Å². The minimum atomic E-state index is 0.746. The predicted octanol–water partition coefficient (Wildman–Crippen LogP) is 4.29. The minimum absolute atomic E-state index is 0.746. The number of benzene rings is 2. The van der Waals surface area contributed by atoms with Gasteiger partial charge in [-0.1, -0.05) is 0 Å². The molecular formula is C15H14N2OS. The lowest BCUT2D eigenvalue weighted by Gasteiger charge is -2.09. The van der Waals surface area contributed by atoms with Crippen LogP contribution in [0, 0.1) is 13.8 Å². The van der Waals surface area contributed by atoms with E-state index in [2.05, 4.69) is 4.98 Å². The van der Waals surface area contributed by atoms with Gasteiger partial charge in [0.05, 0.1) is 15.2 Å². The Morgan fingerprint density at radius 3 is 2.74 bits per heavy atom. The first-order valence-electron chi connectivity index (χ1n) is 6.03. The quantitative estimate of drug-likeness (QED) is 0.707. The summed E-state index contributed by atoms with van der Waals surface area (Å²) in [6, 6.07) is 11.6. The van der Waals surface area contributed by atoms with Crippen LogP contribution in [-0.2, 0) is 0 Å². The Kier molecular flexibility index (Phi) is 2.87. The second-order valence-electron chi connectivity index (χ2n) is 4.49. The Labute approximate surface area is 115 Å². The number of aryl methyl sites for hydroxylation is 2. The highest BCUT2D eigenvalue weighted by atomic mass is 32.1. The third kappa shape index (κ3) is 2.39. The van der Waals surface area contributed by atoms with Crippen molar-refractivity contribution in [3.05, 3.63) is 47.0 Å². The van der Waals surface area contributed by atoms with E-state index in [1.165, 1.54) is 4.70 Å². The number of aromatic nitrogens is 1. The van der Waals surface area contributed by atoms with Crippen LogP contribution in [-0.4, -0.2) is 4.98 Å². The average molecular weight is 270 g/mol. The van der Waals surface area contributed by atoms with Crippen LogP contribution in [0.1, 0.15) is 10.6 Å². The van der Waals surface area contributed by atoms with Crippen LogP contribution in [0.25, 0.3) is 10.2 Å². The largest absolute Gasteiger partial charge is 0.457 e. The normalized spacial score (nSPS) is 10.8. The third-order valence-corrected chi connectivity index (χ3v) is 3.84. The van der Waals surface area contributed by atoms with Gasteiger partial charge in [0, 0.05) is 11.8 Å². The topological polar surface area (TPSA) is 48.1 Å². The Hall–Kier alpha value is -2.07. The van der Waals surface area contributed by atoms with Crippen molar-refractivity contribution in [1.29, 1.82) is 0 Å². The Morgan fingerprint density at radius 1 is 1.11 bits per heavy atom. The molecule has 3 nitrogen and oxygen atoms in total. The number of hydrogen-bond donors (Lipinski definition) is 1.